The number of nitrogens with two attached hydrogens (primary N) is 1. The number of amides is 1. The van der Waals surface area contributed by atoms with Crippen molar-refractivity contribution >= 4 is 5.91 Å². The summed E-state index contributed by atoms with van der Waals surface area (Å²) in [6.07, 6.45) is 3.95. The predicted octanol–water partition coefficient (Wildman–Crippen LogP) is 0.703. The molecule has 1 amide bonds. The Balaban J connectivity index is 2.50. The van der Waals surface area contributed by atoms with Crippen LogP contribution in [0, 0.1) is 0 Å². The van der Waals surface area contributed by atoms with Crippen molar-refractivity contribution in [2.75, 3.05) is 0 Å². The summed E-state index contributed by atoms with van der Waals surface area (Å²) in [4.78, 5) is 10.9. The van der Waals surface area contributed by atoms with Gasteiger partial charge in [-0.25, -0.2) is 0 Å². The molecule has 1 heterocycles. The molecule has 0 aromatic carbocycles. The van der Waals surface area contributed by atoms with Crippen molar-refractivity contribution in [3.63, 3.8) is 0 Å². The molecule has 1 aliphatic rings. The van der Waals surface area contributed by atoms with Gasteiger partial charge in [0, 0.05) is 0 Å². The minimum Gasteiger partial charge on any atom is -0.428 e. The van der Waals surface area contributed by atoms with E-state index in [4.69, 9.17) is 5.73 Å². The second-order valence-electron chi connectivity index (χ2n) is 3.38. The molecule has 1 aliphatic carbocycles. The normalized spacial score (nSPS) is 15.4. The molecule has 70 valence electrons. The predicted molar refractivity (Wildman–Crippen MR) is 46.8 cm³/mol. The number of primary amides is 1. The quantitative estimate of drug-likeness (QED) is 0.625. The van der Waals surface area contributed by atoms with Crippen LogP contribution in [0.3, 0.4) is 0 Å². The monoisotopic (exact) mass is 180 g/mol. The highest BCUT2D eigenvalue weighted by Gasteiger charge is 2.19. The van der Waals surface area contributed by atoms with Gasteiger partial charge in [0.2, 0.25) is 0 Å². The molecular formula is C9H12N2O2. The van der Waals surface area contributed by atoms with Gasteiger partial charge in [0.25, 0.3) is 5.91 Å². The first kappa shape index (κ1) is 8.16. The maximum absolute atomic E-state index is 10.9. The molecule has 0 aliphatic heterocycles. The zero-order chi connectivity index (χ0) is 9.42. The van der Waals surface area contributed by atoms with Gasteiger partial charge in [-0.2, -0.15) is 4.73 Å². The van der Waals surface area contributed by atoms with E-state index >= 15 is 0 Å². The van der Waals surface area contributed by atoms with Crippen LogP contribution in [0.15, 0.2) is 6.07 Å². The number of fused-ring (bicyclic) bond motifs is 1. The highest BCUT2D eigenvalue weighted by molar-refractivity contribution is 5.91. The van der Waals surface area contributed by atoms with E-state index < -0.39 is 5.91 Å². The summed E-state index contributed by atoms with van der Waals surface area (Å²) in [5.74, 6) is -0.572. The average Bonchev–Trinajstić information content (AvgIpc) is 2.45. The van der Waals surface area contributed by atoms with Gasteiger partial charge >= 0.3 is 0 Å². The van der Waals surface area contributed by atoms with Crippen LogP contribution < -0.4 is 5.73 Å². The number of rotatable bonds is 1. The molecule has 2 rings (SSSR count). The molecule has 0 unspecified atom stereocenters. The number of aromatic nitrogens is 1. The van der Waals surface area contributed by atoms with E-state index in [0.29, 0.717) is 0 Å². The molecule has 0 saturated carbocycles. The van der Waals surface area contributed by atoms with Crippen molar-refractivity contribution < 1.29 is 10.0 Å². The minimum atomic E-state index is -0.572. The van der Waals surface area contributed by atoms with Crippen LogP contribution in [-0.4, -0.2) is 15.8 Å². The van der Waals surface area contributed by atoms with E-state index in [1.54, 1.807) is 6.07 Å². The Morgan fingerprint density at radius 2 is 2.15 bits per heavy atom. The Bertz CT molecular complexity index is 355. The Morgan fingerprint density at radius 3 is 2.77 bits per heavy atom. The lowest BCUT2D eigenvalue weighted by atomic mass is 9.98. The molecule has 0 radical (unpaired) electrons. The maximum atomic E-state index is 10.9. The van der Waals surface area contributed by atoms with E-state index in [0.717, 1.165) is 41.7 Å². The summed E-state index contributed by atoms with van der Waals surface area (Å²) < 4.78 is 0.941. The fourth-order valence-corrected chi connectivity index (χ4v) is 1.86. The summed E-state index contributed by atoms with van der Waals surface area (Å²) in [5.41, 5.74) is 7.21. The molecule has 0 fully saturated rings. The van der Waals surface area contributed by atoms with Crippen LogP contribution >= 0.6 is 0 Å². The summed E-state index contributed by atoms with van der Waals surface area (Å²) in [7, 11) is 0. The Morgan fingerprint density at radius 1 is 1.46 bits per heavy atom. The molecule has 0 spiro atoms. The smallest absolute Gasteiger partial charge is 0.268 e. The first-order valence-electron chi connectivity index (χ1n) is 4.42. The summed E-state index contributed by atoms with van der Waals surface area (Å²) in [6.45, 7) is 0. The fourth-order valence-electron chi connectivity index (χ4n) is 1.86. The number of carbonyl (C=O) groups excluding carboxylic acids is 1. The van der Waals surface area contributed by atoms with Crippen molar-refractivity contribution in [3.8, 4) is 0 Å². The summed E-state index contributed by atoms with van der Waals surface area (Å²) in [6, 6.07) is 1.69. The van der Waals surface area contributed by atoms with E-state index in [1.807, 2.05) is 0 Å². The number of hydrogen-bond donors (Lipinski definition) is 2. The van der Waals surface area contributed by atoms with Gasteiger partial charge in [0.15, 0.2) is 0 Å². The maximum Gasteiger partial charge on any atom is 0.268 e. The first-order valence-corrected chi connectivity index (χ1v) is 4.42. The molecule has 0 saturated heterocycles. The van der Waals surface area contributed by atoms with Gasteiger partial charge in [0.05, 0.1) is 5.69 Å². The Hall–Kier alpha value is -1.45. The zero-order valence-corrected chi connectivity index (χ0v) is 7.29. The van der Waals surface area contributed by atoms with Crippen molar-refractivity contribution in [2.24, 2.45) is 5.73 Å². The number of aryl methyl sites for hydroxylation is 1. The van der Waals surface area contributed by atoms with Crippen LogP contribution in [0.5, 0.6) is 0 Å². The van der Waals surface area contributed by atoms with Crippen LogP contribution in [0.2, 0.25) is 0 Å². The highest BCUT2D eigenvalue weighted by Crippen LogP contribution is 2.23. The zero-order valence-electron chi connectivity index (χ0n) is 7.29. The molecule has 1 aromatic heterocycles. The fraction of sp³-hybridized carbons (Fsp3) is 0.444. The third-order valence-corrected chi connectivity index (χ3v) is 2.53. The Kier molecular flexibility index (Phi) is 1.76. The molecule has 1 aromatic rings. The molecule has 0 atom stereocenters. The molecule has 3 N–H and O–H groups in total. The molecule has 13 heavy (non-hydrogen) atoms. The van der Waals surface area contributed by atoms with Gasteiger partial charge in [-0.15, -0.1) is 0 Å². The van der Waals surface area contributed by atoms with Gasteiger partial charge < -0.3 is 10.9 Å². The van der Waals surface area contributed by atoms with Crippen LogP contribution in [0.25, 0.3) is 0 Å². The molecule has 4 heteroatoms. The van der Waals surface area contributed by atoms with E-state index in [1.165, 1.54) is 0 Å². The second kappa shape index (κ2) is 2.80. The van der Waals surface area contributed by atoms with Gasteiger partial charge in [-0.3, -0.25) is 4.79 Å². The topological polar surface area (TPSA) is 68.2 Å². The average molecular weight is 180 g/mol. The van der Waals surface area contributed by atoms with Crippen LogP contribution in [-0.2, 0) is 12.8 Å². The minimum absolute atomic E-state index is 0.201. The van der Waals surface area contributed by atoms with E-state index in [2.05, 4.69) is 0 Å². The van der Waals surface area contributed by atoms with Crippen LogP contribution in [0.4, 0.5) is 0 Å². The lowest BCUT2D eigenvalue weighted by Gasteiger charge is -2.11. The van der Waals surface area contributed by atoms with Gasteiger partial charge in [-0.05, 0) is 37.3 Å². The molecular weight excluding hydrogens is 168 g/mol. The third kappa shape index (κ3) is 1.18. The molecule has 4 nitrogen and oxygen atoms in total. The second-order valence-corrected chi connectivity index (χ2v) is 3.38. The van der Waals surface area contributed by atoms with E-state index in [-0.39, 0.29) is 5.69 Å². The third-order valence-electron chi connectivity index (χ3n) is 2.53. The first-order chi connectivity index (χ1) is 6.20. The molecule has 0 bridgehead atoms. The number of hydrogen-bond acceptors (Lipinski definition) is 2. The summed E-state index contributed by atoms with van der Waals surface area (Å²) >= 11 is 0. The van der Waals surface area contributed by atoms with Gasteiger partial charge in [0.1, 0.15) is 5.69 Å². The highest BCUT2D eigenvalue weighted by atomic mass is 16.5. The summed E-state index contributed by atoms with van der Waals surface area (Å²) in [5, 5.41) is 9.56. The van der Waals surface area contributed by atoms with Gasteiger partial charge in [-0.1, -0.05) is 0 Å². The Labute approximate surface area is 75.9 Å². The van der Waals surface area contributed by atoms with E-state index in [9.17, 15) is 10.0 Å². The number of carbonyl (C=O) groups is 1. The van der Waals surface area contributed by atoms with Crippen LogP contribution in [0.1, 0.15) is 34.6 Å². The standard InChI is InChI=1S/C9H12N2O2/c10-9(12)8-5-6-3-1-2-4-7(6)11(8)13/h5,13H,1-4H2,(H2,10,12). The lowest BCUT2D eigenvalue weighted by Crippen LogP contribution is -2.16. The van der Waals surface area contributed by atoms with Crippen molar-refractivity contribution in [1.29, 1.82) is 0 Å². The van der Waals surface area contributed by atoms with Crippen molar-refractivity contribution in [3.05, 3.63) is 23.0 Å². The number of nitrogens with zero attached hydrogens (tertiary/aromatic N) is 1. The largest absolute Gasteiger partial charge is 0.428 e. The van der Waals surface area contributed by atoms with Crippen molar-refractivity contribution in [2.45, 2.75) is 25.7 Å². The lowest BCUT2D eigenvalue weighted by molar-refractivity contribution is 0.0944. The van der Waals surface area contributed by atoms with Crippen molar-refractivity contribution in [1.82, 2.24) is 4.73 Å². The SMILES string of the molecule is NC(=O)c1cc2c(n1O)CCCC2.